The van der Waals surface area contributed by atoms with Gasteiger partial charge in [0, 0.05) is 13.2 Å². The number of hydrogen-bond donors (Lipinski definition) is 1. The molecule has 0 aliphatic rings. The molecule has 1 aromatic heterocycles. The van der Waals surface area contributed by atoms with Crippen molar-refractivity contribution in [1.82, 2.24) is 4.98 Å². The first-order chi connectivity index (χ1) is 6.16. The maximum absolute atomic E-state index is 8.94. The number of aromatic nitrogens is 1. The van der Waals surface area contributed by atoms with E-state index >= 15 is 0 Å². The molecule has 0 amide bonds. The maximum atomic E-state index is 8.94. The second kappa shape index (κ2) is 4.44. The van der Waals surface area contributed by atoms with Crippen LogP contribution in [-0.2, 0) is 0 Å². The Kier molecular flexibility index (Phi) is 3.51. The zero-order valence-electron chi connectivity index (χ0n) is 7.74. The Morgan fingerprint density at radius 2 is 2.38 bits per heavy atom. The lowest BCUT2D eigenvalue weighted by Crippen LogP contribution is -2.32. The summed E-state index contributed by atoms with van der Waals surface area (Å²) in [7, 11) is 1.86. The van der Waals surface area contributed by atoms with Gasteiger partial charge in [-0.15, -0.1) is 0 Å². The SMILES string of the molecule is C[C@@H](CO)N(C)c1ncccc1Cl. The lowest BCUT2D eigenvalue weighted by molar-refractivity contribution is 0.270. The zero-order chi connectivity index (χ0) is 9.84. The third-order valence-corrected chi connectivity index (χ3v) is 2.29. The van der Waals surface area contributed by atoms with Crippen LogP contribution >= 0.6 is 11.6 Å². The minimum absolute atomic E-state index is 0.0207. The molecule has 0 bridgehead atoms. The normalized spacial score (nSPS) is 12.6. The number of pyridine rings is 1. The van der Waals surface area contributed by atoms with Crippen molar-refractivity contribution in [2.45, 2.75) is 13.0 Å². The van der Waals surface area contributed by atoms with Crippen LogP contribution in [0.2, 0.25) is 5.02 Å². The second-order valence-electron chi connectivity index (χ2n) is 2.95. The first kappa shape index (κ1) is 10.3. The smallest absolute Gasteiger partial charge is 0.147 e. The van der Waals surface area contributed by atoms with Gasteiger partial charge in [-0.3, -0.25) is 0 Å². The number of aliphatic hydroxyl groups is 1. The fraction of sp³-hybridized carbons (Fsp3) is 0.444. The Morgan fingerprint density at radius 3 is 2.92 bits per heavy atom. The van der Waals surface area contributed by atoms with Gasteiger partial charge >= 0.3 is 0 Å². The number of aliphatic hydroxyl groups excluding tert-OH is 1. The number of halogens is 1. The highest BCUT2D eigenvalue weighted by atomic mass is 35.5. The van der Waals surface area contributed by atoms with Crippen LogP contribution in [0, 0.1) is 0 Å². The number of anilines is 1. The van der Waals surface area contributed by atoms with Gasteiger partial charge in [0.25, 0.3) is 0 Å². The number of hydrogen-bond acceptors (Lipinski definition) is 3. The van der Waals surface area contributed by atoms with Crippen LogP contribution in [0.25, 0.3) is 0 Å². The summed E-state index contributed by atoms with van der Waals surface area (Å²) in [6.45, 7) is 1.99. The number of likely N-dealkylation sites (N-methyl/N-ethyl adjacent to an activating group) is 1. The summed E-state index contributed by atoms with van der Waals surface area (Å²) in [5, 5.41) is 9.55. The Bertz CT molecular complexity index is 280. The largest absolute Gasteiger partial charge is 0.394 e. The molecule has 0 saturated carbocycles. The highest BCUT2D eigenvalue weighted by Crippen LogP contribution is 2.22. The molecule has 0 radical (unpaired) electrons. The molecule has 1 heterocycles. The van der Waals surface area contributed by atoms with Crippen LogP contribution < -0.4 is 4.90 Å². The summed E-state index contributed by atoms with van der Waals surface area (Å²) in [6, 6.07) is 3.58. The minimum atomic E-state index is 0.0207. The van der Waals surface area contributed by atoms with Crippen LogP contribution in [0.1, 0.15) is 6.92 Å². The van der Waals surface area contributed by atoms with E-state index in [1.165, 1.54) is 0 Å². The lowest BCUT2D eigenvalue weighted by atomic mass is 10.3. The van der Waals surface area contributed by atoms with E-state index < -0.39 is 0 Å². The van der Waals surface area contributed by atoms with Crippen LogP contribution in [0.3, 0.4) is 0 Å². The molecule has 1 N–H and O–H groups in total. The van der Waals surface area contributed by atoms with Gasteiger partial charge in [-0.2, -0.15) is 0 Å². The molecule has 0 aromatic carbocycles. The van der Waals surface area contributed by atoms with Crippen molar-refractivity contribution in [2.75, 3.05) is 18.6 Å². The molecule has 0 aliphatic carbocycles. The first-order valence-corrected chi connectivity index (χ1v) is 4.48. The molecule has 0 spiro atoms. The summed E-state index contributed by atoms with van der Waals surface area (Å²) in [4.78, 5) is 5.98. The summed E-state index contributed by atoms with van der Waals surface area (Å²) in [5.74, 6) is 0.700. The first-order valence-electron chi connectivity index (χ1n) is 4.11. The minimum Gasteiger partial charge on any atom is -0.394 e. The van der Waals surface area contributed by atoms with Gasteiger partial charge in [0.2, 0.25) is 0 Å². The molecule has 1 atom stereocenters. The summed E-state index contributed by atoms with van der Waals surface area (Å²) >= 11 is 5.93. The van der Waals surface area contributed by atoms with Gasteiger partial charge in [0.05, 0.1) is 17.7 Å². The molecule has 0 fully saturated rings. The molecule has 0 unspecified atom stereocenters. The molecular weight excluding hydrogens is 188 g/mol. The Hall–Kier alpha value is -0.800. The van der Waals surface area contributed by atoms with E-state index in [4.69, 9.17) is 16.7 Å². The second-order valence-corrected chi connectivity index (χ2v) is 3.36. The summed E-state index contributed by atoms with van der Waals surface area (Å²) in [6.07, 6.45) is 1.68. The van der Waals surface area contributed by atoms with Gasteiger partial charge in [0.1, 0.15) is 5.82 Å². The average molecular weight is 201 g/mol. The van der Waals surface area contributed by atoms with E-state index in [1.807, 2.05) is 18.9 Å². The average Bonchev–Trinajstić information content (AvgIpc) is 2.16. The van der Waals surface area contributed by atoms with E-state index in [9.17, 15) is 0 Å². The van der Waals surface area contributed by atoms with Crippen molar-refractivity contribution in [3.8, 4) is 0 Å². The van der Waals surface area contributed by atoms with Gasteiger partial charge in [0.15, 0.2) is 0 Å². The summed E-state index contributed by atoms with van der Waals surface area (Å²) in [5.41, 5.74) is 0. The van der Waals surface area contributed by atoms with Crippen LogP contribution in [0.15, 0.2) is 18.3 Å². The predicted octanol–water partition coefficient (Wildman–Crippen LogP) is 1.55. The highest BCUT2D eigenvalue weighted by molar-refractivity contribution is 6.32. The quantitative estimate of drug-likeness (QED) is 0.805. The van der Waals surface area contributed by atoms with Crippen LogP contribution in [0.4, 0.5) is 5.82 Å². The predicted molar refractivity (Wildman–Crippen MR) is 54.2 cm³/mol. The molecular formula is C9H13ClN2O. The fourth-order valence-electron chi connectivity index (χ4n) is 0.968. The fourth-order valence-corrected chi connectivity index (χ4v) is 1.22. The van der Waals surface area contributed by atoms with Crippen LogP contribution in [-0.4, -0.2) is 29.8 Å². The third-order valence-electron chi connectivity index (χ3n) is 2.00. The highest BCUT2D eigenvalue weighted by Gasteiger charge is 2.12. The van der Waals surface area contributed by atoms with Crippen molar-refractivity contribution in [2.24, 2.45) is 0 Å². The molecule has 4 heteroatoms. The Labute approximate surface area is 83.0 Å². The van der Waals surface area contributed by atoms with Crippen molar-refractivity contribution in [3.05, 3.63) is 23.4 Å². The standard InChI is InChI=1S/C9H13ClN2O/c1-7(6-13)12(2)9-8(10)4-3-5-11-9/h3-5,7,13H,6H2,1-2H3/t7-/m0/s1. The van der Waals surface area contributed by atoms with E-state index in [-0.39, 0.29) is 12.6 Å². The van der Waals surface area contributed by atoms with Crippen molar-refractivity contribution < 1.29 is 5.11 Å². The van der Waals surface area contributed by atoms with E-state index in [2.05, 4.69) is 4.98 Å². The lowest BCUT2D eigenvalue weighted by Gasteiger charge is -2.24. The Morgan fingerprint density at radius 1 is 1.69 bits per heavy atom. The van der Waals surface area contributed by atoms with E-state index in [1.54, 1.807) is 18.3 Å². The van der Waals surface area contributed by atoms with Crippen molar-refractivity contribution >= 4 is 17.4 Å². The molecule has 72 valence electrons. The third kappa shape index (κ3) is 2.32. The van der Waals surface area contributed by atoms with E-state index in [0.29, 0.717) is 10.8 Å². The summed E-state index contributed by atoms with van der Waals surface area (Å²) < 4.78 is 0. The van der Waals surface area contributed by atoms with Gasteiger partial charge in [-0.05, 0) is 19.1 Å². The molecule has 1 aromatic rings. The molecule has 0 aliphatic heterocycles. The van der Waals surface area contributed by atoms with E-state index in [0.717, 1.165) is 0 Å². The van der Waals surface area contributed by atoms with Gasteiger partial charge in [-0.1, -0.05) is 11.6 Å². The van der Waals surface area contributed by atoms with Crippen LogP contribution in [0.5, 0.6) is 0 Å². The molecule has 13 heavy (non-hydrogen) atoms. The Balaban J connectivity index is 2.88. The number of nitrogens with zero attached hydrogens (tertiary/aromatic N) is 2. The van der Waals surface area contributed by atoms with Gasteiger partial charge in [-0.25, -0.2) is 4.98 Å². The number of rotatable bonds is 3. The van der Waals surface area contributed by atoms with Gasteiger partial charge < -0.3 is 10.0 Å². The monoisotopic (exact) mass is 200 g/mol. The van der Waals surface area contributed by atoms with Crippen molar-refractivity contribution in [1.29, 1.82) is 0 Å². The zero-order valence-corrected chi connectivity index (χ0v) is 8.49. The molecule has 0 saturated heterocycles. The van der Waals surface area contributed by atoms with Crippen molar-refractivity contribution in [3.63, 3.8) is 0 Å². The maximum Gasteiger partial charge on any atom is 0.147 e. The molecule has 3 nitrogen and oxygen atoms in total. The topological polar surface area (TPSA) is 36.4 Å². The molecule has 1 rings (SSSR count).